The van der Waals surface area contributed by atoms with E-state index in [0.29, 0.717) is 6.04 Å². The van der Waals surface area contributed by atoms with Crippen molar-refractivity contribution in [2.24, 2.45) is 0 Å². The summed E-state index contributed by atoms with van der Waals surface area (Å²) in [7, 11) is 0. The highest BCUT2D eigenvalue weighted by atomic mass is 16.5. The van der Waals surface area contributed by atoms with Gasteiger partial charge < -0.3 is 4.74 Å². The van der Waals surface area contributed by atoms with Crippen LogP contribution < -0.4 is 0 Å². The first-order valence-corrected chi connectivity index (χ1v) is 7.13. The molecule has 0 bridgehead atoms. The fraction of sp³-hybridized carbons (Fsp3) is 0.353. The Kier molecular flexibility index (Phi) is 4.09. The number of ether oxygens (including phenoxy) is 1. The van der Waals surface area contributed by atoms with E-state index in [-0.39, 0.29) is 6.10 Å². The highest BCUT2D eigenvalue weighted by molar-refractivity contribution is 5.18. The Morgan fingerprint density at radius 1 is 1.15 bits per heavy atom. The molecular weight excluding hydrogens is 248 g/mol. The van der Waals surface area contributed by atoms with Gasteiger partial charge in [0.1, 0.15) is 0 Å². The monoisotopic (exact) mass is 268 g/mol. The van der Waals surface area contributed by atoms with Crippen molar-refractivity contribution in [3.05, 3.63) is 66.0 Å². The molecular formula is C17H20N2O. The molecule has 1 aromatic heterocycles. The van der Waals surface area contributed by atoms with Crippen LogP contribution >= 0.6 is 0 Å². The molecule has 0 aliphatic carbocycles. The van der Waals surface area contributed by atoms with Crippen molar-refractivity contribution >= 4 is 0 Å². The van der Waals surface area contributed by atoms with E-state index in [9.17, 15) is 0 Å². The van der Waals surface area contributed by atoms with Gasteiger partial charge in [-0.2, -0.15) is 0 Å². The van der Waals surface area contributed by atoms with Gasteiger partial charge in [0.25, 0.3) is 0 Å². The van der Waals surface area contributed by atoms with E-state index in [1.807, 2.05) is 24.4 Å². The van der Waals surface area contributed by atoms with Crippen LogP contribution in [0.25, 0.3) is 0 Å². The van der Waals surface area contributed by atoms with Crippen molar-refractivity contribution in [3.8, 4) is 0 Å². The maximum Gasteiger partial charge on any atom is 0.0952 e. The van der Waals surface area contributed by atoms with Crippen LogP contribution in [0.1, 0.15) is 24.3 Å². The number of aromatic nitrogens is 1. The highest BCUT2D eigenvalue weighted by Crippen LogP contribution is 2.25. The number of pyridine rings is 1. The van der Waals surface area contributed by atoms with Gasteiger partial charge in [-0.3, -0.25) is 9.88 Å². The Balaban J connectivity index is 1.71. The van der Waals surface area contributed by atoms with E-state index < -0.39 is 0 Å². The van der Waals surface area contributed by atoms with Crippen molar-refractivity contribution in [1.82, 2.24) is 9.88 Å². The van der Waals surface area contributed by atoms with E-state index in [0.717, 1.165) is 25.4 Å². The first-order chi connectivity index (χ1) is 9.83. The summed E-state index contributed by atoms with van der Waals surface area (Å²) in [6, 6.07) is 17.0. The summed E-state index contributed by atoms with van der Waals surface area (Å²) in [5, 5.41) is 0. The van der Waals surface area contributed by atoms with Gasteiger partial charge in [0.15, 0.2) is 0 Å². The molecule has 3 rings (SSSR count). The lowest BCUT2D eigenvalue weighted by Crippen LogP contribution is -2.44. The Hall–Kier alpha value is -1.71. The largest absolute Gasteiger partial charge is 0.371 e. The summed E-state index contributed by atoms with van der Waals surface area (Å²) in [5.41, 5.74) is 2.37. The van der Waals surface area contributed by atoms with Crippen molar-refractivity contribution in [2.45, 2.75) is 25.6 Å². The van der Waals surface area contributed by atoms with Crippen LogP contribution in [0.4, 0.5) is 0 Å². The molecule has 3 nitrogen and oxygen atoms in total. The molecule has 1 aliphatic rings. The highest BCUT2D eigenvalue weighted by Gasteiger charge is 2.27. The van der Waals surface area contributed by atoms with Gasteiger partial charge in [-0.25, -0.2) is 0 Å². The van der Waals surface area contributed by atoms with Gasteiger partial charge in [-0.05, 0) is 24.6 Å². The molecule has 0 radical (unpaired) electrons. The zero-order chi connectivity index (χ0) is 13.8. The first-order valence-electron chi connectivity index (χ1n) is 7.13. The van der Waals surface area contributed by atoms with Crippen LogP contribution in [0, 0.1) is 0 Å². The van der Waals surface area contributed by atoms with Crippen molar-refractivity contribution in [1.29, 1.82) is 0 Å². The Labute approximate surface area is 120 Å². The third-order valence-corrected chi connectivity index (χ3v) is 3.82. The van der Waals surface area contributed by atoms with Gasteiger partial charge in [0, 0.05) is 25.3 Å². The molecule has 1 saturated heterocycles. The van der Waals surface area contributed by atoms with Crippen LogP contribution in [-0.2, 0) is 11.3 Å². The molecule has 0 saturated carbocycles. The smallest absolute Gasteiger partial charge is 0.0952 e. The molecule has 2 heterocycles. The molecule has 3 heteroatoms. The summed E-state index contributed by atoms with van der Waals surface area (Å²) >= 11 is 0. The molecule has 20 heavy (non-hydrogen) atoms. The molecule has 1 fully saturated rings. The van der Waals surface area contributed by atoms with Crippen molar-refractivity contribution < 1.29 is 4.74 Å². The maximum absolute atomic E-state index is 5.98. The quantitative estimate of drug-likeness (QED) is 0.855. The number of morpholine rings is 1. The molecule has 0 N–H and O–H groups in total. The molecule has 0 spiro atoms. The summed E-state index contributed by atoms with van der Waals surface area (Å²) in [4.78, 5) is 6.87. The number of rotatable bonds is 3. The molecule has 2 unspecified atom stereocenters. The summed E-state index contributed by atoms with van der Waals surface area (Å²) < 4.78 is 5.98. The standard InChI is InChI=1S/C17H20N2O/c1-14-13-20-17(15-7-3-2-4-8-15)12-19(14)11-16-9-5-6-10-18-16/h2-10,14,17H,11-13H2,1H3. The van der Waals surface area contributed by atoms with Gasteiger partial charge in [-0.1, -0.05) is 36.4 Å². The van der Waals surface area contributed by atoms with Crippen molar-refractivity contribution in [3.63, 3.8) is 0 Å². The zero-order valence-electron chi connectivity index (χ0n) is 11.8. The van der Waals surface area contributed by atoms with Crippen LogP contribution in [0.5, 0.6) is 0 Å². The fourth-order valence-corrected chi connectivity index (χ4v) is 2.60. The van der Waals surface area contributed by atoms with Crippen LogP contribution in [0.15, 0.2) is 54.7 Å². The predicted molar refractivity (Wildman–Crippen MR) is 79.2 cm³/mol. The van der Waals surface area contributed by atoms with E-state index >= 15 is 0 Å². The third-order valence-electron chi connectivity index (χ3n) is 3.82. The molecule has 0 amide bonds. The van der Waals surface area contributed by atoms with E-state index in [2.05, 4.69) is 47.1 Å². The Morgan fingerprint density at radius 3 is 2.70 bits per heavy atom. The lowest BCUT2D eigenvalue weighted by molar-refractivity contribution is -0.0636. The zero-order valence-corrected chi connectivity index (χ0v) is 11.8. The number of hydrogen-bond acceptors (Lipinski definition) is 3. The summed E-state index contributed by atoms with van der Waals surface area (Å²) in [6.07, 6.45) is 2.02. The Bertz CT molecular complexity index is 529. The Morgan fingerprint density at radius 2 is 1.95 bits per heavy atom. The number of nitrogens with zero attached hydrogens (tertiary/aromatic N) is 2. The fourth-order valence-electron chi connectivity index (χ4n) is 2.60. The predicted octanol–water partition coefficient (Wildman–Crippen LogP) is 3.04. The minimum absolute atomic E-state index is 0.163. The molecule has 2 aromatic rings. The van der Waals surface area contributed by atoms with Gasteiger partial charge in [0.2, 0.25) is 0 Å². The van der Waals surface area contributed by atoms with E-state index in [4.69, 9.17) is 4.74 Å². The van der Waals surface area contributed by atoms with Crippen molar-refractivity contribution in [2.75, 3.05) is 13.2 Å². The lowest BCUT2D eigenvalue weighted by atomic mass is 10.1. The molecule has 1 aromatic carbocycles. The maximum atomic E-state index is 5.98. The molecule has 1 aliphatic heterocycles. The van der Waals surface area contributed by atoms with Gasteiger partial charge in [-0.15, -0.1) is 0 Å². The second kappa shape index (κ2) is 6.16. The normalized spacial score (nSPS) is 23.6. The van der Waals surface area contributed by atoms with E-state index in [1.54, 1.807) is 0 Å². The molecule has 104 valence electrons. The third kappa shape index (κ3) is 3.06. The minimum atomic E-state index is 0.163. The first kappa shape index (κ1) is 13.3. The van der Waals surface area contributed by atoms with E-state index in [1.165, 1.54) is 5.56 Å². The average Bonchev–Trinajstić information content (AvgIpc) is 2.51. The molecule has 2 atom stereocenters. The summed E-state index contributed by atoms with van der Waals surface area (Å²) in [6.45, 7) is 4.78. The number of benzene rings is 1. The number of hydrogen-bond donors (Lipinski definition) is 0. The lowest BCUT2D eigenvalue weighted by Gasteiger charge is -2.38. The average molecular weight is 268 g/mol. The summed E-state index contributed by atoms with van der Waals surface area (Å²) in [5.74, 6) is 0. The SMILES string of the molecule is CC1COC(c2ccccc2)CN1Cc1ccccn1. The minimum Gasteiger partial charge on any atom is -0.371 e. The second-order valence-corrected chi connectivity index (χ2v) is 5.33. The van der Waals surface area contributed by atoms with Crippen LogP contribution in [0.3, 0.4) is 0 Å². The second-order valence-electron chi connectivity index (χ2n) is 5.33. The van der Waals surface area contributed by atoms with Gasteiger partial charge >= 0.3 is 0 Å². The topological polar surface area (TPSA) is 25.4 Å². The van der Waals surface area contributed by atoms with Crippen LogP contribution in [-0.4, -0.2) is 29.1 Å². The van der Waals surface area contributed by atoms with Gasteiger partial charge in [0.05, 0.1) is 18.4 Å². The van der Waals surface area contributed by atoms with Crippen LogP contribution in [0.2, 0.25) is 0 Å².